The summed E-state index contributed by atoms with van der Waals surface area (Å²) in [5, 5.41) is 10.0. The van der Waals surface area contributed by atoms with Crippen LogP contribution in [0.25, 0.3) is 0 Å². The number of ether oxygens (including phenoxy) is 2. The Hall–Kier alpha value is -3.16. The SMILES string of the molecule is COc1c(O)ccc(CN2CCN(C(c3ccc(F)cc3)c3ccc(F)cc3)CC2)c1OC. The first-order valence-corrected chi connectivity index (χ1v) is 10.9. The van der Waals surface area contributed by atoms with Gasteiger partial charge in [-0.2, -0.15) is 0 Å². The maximum absolute atomic E-state index is 13.5. The number of hydrogen-bond acceptors (Lipinski definition) is 5. The lowest BCUT2D eigenvalue weighted by Crippen LogP contribution is -2.47. The molecule has 0 unspecified atom stereocenters. The zero-order chi connectivity index (χ0) is 23.4. The lowest BCUT2D eigenvalue weighted by molar-refractivity contribution is 0.104. The molecule has 0 radical (unpaired) electrons. The van der Waals surface area contributed by atoms with Gasteiger partial charge in [0.05, 0.1) is 20.3 Å². The van der Waals surface area contributed by atoms with Crippen molar-refractivity contribution in [1.29, 1.82) is 0 Å². The van der Waals surface area contributed by atoms with E-state index in [9.17, 15) is 13.9 Å². The van der Waals surface area contributed by atoms with Crippen molar-refractivity contribution in [1.82, 2.24) is 9.80 Å². The van der Waals surface area contributed by atoms with Gasteiger partial charge in [0.1, 0.15) is 11.6 Å². The molecule has 7 heteroatoms. The highest BCUT2D eigenvalue weighted by molar-refractivity contribution is 5.55. The van der Waals surface area contributed by atoms with Crippen molar-refractivity contribution in [2.75, 3.05) is 40.4 Å². The number of rotatable bonds is 7. The average molecular weight is 455 g/mol. The Morgan fingerprint density at radius 2 is 1.27 bits per heavy atom. The first-order chi connectivity index (χ1) is 16.0. The fourth-order valence-electron chi connectivity index (χ4n) is 4.46. The molecule has 0 atom stereocenters. The molecule has 1 aliphatic rings. The molecule has 0 aliphatic carbocycles. The lowest BCUT2D eigenvalue weighted by atomic mass is 9.96. The quantitative estimate of drug-likeness (QED) is 0.566. The standard InChI is InChI=1S/C26H28F2N2O3/c1-32-25-20(7-12-23(31)26(25)33-2)17-29-13-15-30(16-14-29)24(18-3-8-21(27)9-4-18)19-5-10-22(28)11-6-19/h3-12,24,31H,13-17H2,1-2H3. The maximum Gasteiger partial charge on any atom is 0.203 e. The molecule has 1 aliphatic heterocycles. The molecule has 1 N–H and O–H groups in total. The molecule has 0 spiro atoms. The second-order valence-electron chi connectivity index (χ2n) is 8.13. The molecule has 1 heterocycles. The van der Waals surface area contributed by atoms with Crippen LogP contribution in [0.4, 0.5) is 8.78 Å². The van der Waals surface area contributed by atoms with Gasteiger partial charge in [0, 0.05) is 38.3 Å². The van der Waals surface area contributed by atoms with Crippen molar-refractivity contribution in [2.45, 2.75) is 12.6 Å². The maximum atomic E-state index is 13.5. The molecule has 0 saturated carbocycles. The van der Waals surface area contributed by atoms with Crippen LogP contribution in [0.1, 0.15) is 22.7 Å². The second kappa shape index (κ2) is 10.2. The first-order valence-electron chi connectivity index (χ1n) is 10.9. The van der Waals surface area contributed by atoms with E-state index in [1.807, 2.05) is 6.07 Å². The van der Waals surface area contributed by atoms with Gasteiger partial charge in [-0.05, 0) is 41.5 Å². The summed E-state index contributed by atoms with van der Waals surface area (Å²) >= 11 is 0. The van der Waals surface area contributed by atoms with Crippen LogP contribution in [0.2, 0.25) is 0 Å². The molecule has 1 fully saturated rings. The van der Waals surface area contributed by atoms with E-state index < -0.39 is 0 Å². The van der Waals surface area contributed by atoms with Gasteiger partial charge in [-0.15, -0.1) is 0 Å². The van der Waals surface area contributed by atoms with E-state index in [2.05, 4.69) is 9.80 Å². The van der Waals surface area contributed by atoms with Gasteiger partial charge < -0.3 is 14.6 Å². The van der Waals surface area contributed by atoms with Gasteiger partial charge in [0.25, 0.3) is 0 Å². The third-order valence-corrected chi connectivity index (χ3v) is 6.12. The van der Waals surface area contributed by atoms with Crippen molar-refractivity contribution < 1.29 is 23.4 Å². The highest BCUT2D eigenvalue weighted by Crippen LogP contribution is 2.39. The predicted molar refractivity (Wildman–Crippen MR) is 123 cm³/mol. The van der Waals surface area contributed by atoms with E-state index in [-0.39, 0.29) is 23.4 Å². The van der Waals surface area contributed by atoms with E-state index in [0.717, 1.165) is 42.9 Å². The van der Waals surface area contributed by atoms with Crippen molar-refractivity contribution in [3.05, 3.63) is 89.0 Å². The minimum Gasteiger partial charge on any atom is -0.504 e. The number of halogens is 2. The van der Waals surface area contributed by atoms with E-state index in [1.54, 1.807) is 37.4 Å². The van der Waals surface area contributed by atoms with Crippen molar-refractivity contribution in [3.8, 4) is 17.2 Å². The topological polar surface area (TPSA) is 45.2 Å². The van der Waals surface area contributed by atoms with Crippen LogP contribution in [0, 0.1) is 11.6 Å². The summed E-state index contributed by atoms with van der Waals surface area (Å²) in [6.07, 6.45) is 0. The van der Waals surface area contributed by atoms with Gasteiger partial charge >= 0.3 is 0 Å². The number of nitrogens with zero attached hydrogens (tertiary/aromatic N) is 2. The summed E-state index contributed by atoms with van der Waals surface area (Å²) in [4.78, 5) is 4.66. The largest absolute Gasteiger partial charge is 0.504 e. The van der Waals surface area contributed by atoms with E-state index >= 15 is 0 Å². The Bertz CT molecular complexity index is 1020. The zero-order valence-corrected chi connectivity index (χ0v) is 18.8. The van der Waals surface area contributed by atoms with Crippen molar-refractivity contribution in [2.24, 2.45) is 0 Å². The molecule has 0 amide bonds. The van der Waals surface area contributed by atoms with Crippen LogP contribution in [-0.4, -0.2) is 55.3 Å². The Balaban J connectivity index is 1.51. The first kappa shape index (κ1) is 23.0. The Morgan fingerprint density at radius 1 is 0.758 bits per heavy atom. The molecular formula is C26H28F2N2O3. The van der Waals surface area contributed by atoms with E-state index in [4.69, 9.17) is 9.47 Å². The fourth-order valence-corrected chi connectivity index (χ4v) is 4.46. The summed E-state index contributed by atoms with van der Waals surface area (Å²) in [5.41, 5.74) is 2.89. The Morgan fingerprint density at radius 3 is 1.76 bits per heavy atom. The number of piperazine rings is 1. The van der Waals surface area contributed by atoms with Gasteiger partial charge in [0.15, 0.2) is 11.5 Å². The molecule has 5 nitrogen and oxygen atoms in total. The number of benzene rings is 3. The molecule has 3 aromatic carbocycles. The number of hydrogen-bond donors (Lipinski definition) is 1. The third-order valence-electron chi connectivity index (χ3n) is 6.12. The molecular weight excluding hydrogens is 426 g/mol. The highest BCUT2D eigenvalue weighted by Gasteiger charge is 2.27. The summed E-state index contributed by atoms with van der Waals surface area (Å²) in [7, 11) is 3.07. The van der Waals surface area contributed by atoms with Crippen LogP contribution in [0.5, 0.6) is 17.2 Å². The average Bonchev–Trinajstić information content (AvgIpc) is 2.83. The number of methoxy groups -OCH3 is 2. The monoisotopic (exact) mass is 454 g/mol. The van der Waals surface area contributed by atoms with Crippen LogP contribution in [-0.2, 0) is 6.54 Å². The van der Waals surface area contributed by atoms with Gasteiger partial charge in [-0.1, -0.05) is 30.3 Å². The normalized spacial score (nSPS) is 15.1. The molecule has 0 aromatic heterocycles. The Kier molecular flexibility index (Phi) is 7.11. The minimum absolute atomic E-state index is 0.0457. The van der Waals surface area contributed by atoms with Crippen LogP contribution >= 0.6 is 0 Å². The van der Waals surface area contributed by atoms with Crippen LogP contribution in [0.3, 0.4) is 0 Å². The predicted octanol–water partition coefficient (Wildman–Crippen LogP) is 4.59. The smallest absolute Gasteiger partial charge is 0.203 e. The molecule has 33 heavy (non-hydrogen) atoms. The van der Waals surface area contributed by atoms with Crippen LogP contribution in [0.15, 0.2) is 60.7 Å². The van der Waals surface area contributed by atoms with E-state index in [1.165, 1.54) is 31.4 Å². The zero-order valence-electron chi connectivity index (χ0n) is 18.8. The van der Waals surface area contributed by atoms with Gasteiger partial charge in [-0.3, -0.25) is 9.80 Å². The van der Waals surface area contributed by atoms with Gasteiger partial charge in [0.2, 0.25) is 5.75 Å². The number of aromatic hydroxyl groups is 1. The summed E-state index contributed by atoms with van der Waals surface area (Å²) in [6.45, 7) is 3.86. The number of phenols is 1. The van der Waals surface area contributed by atoms with Crippen molar-refractivity contribution >= 4 is 0 Å². The molecule has 3 aromatic rings. The second-order valence-corrected chi connectivity index (χ2v) is 8.13. The summed E-state index contributed by atoms with van der Waals surface area (Å²) < 4.78 is 37.9. The highest BCUT2D eigenvalue weighted by atomic mass is 19.1. The van der Waals surface area contributed by atoms with E-state index in [0.29, 0.717) is 18.0 Å². The molecule has 0 bridgehead atoms. The molecule has 174 valence electrons. The molecule has 1 saturated heterocycles. The summed E-state index contributed by atoms with van der Waals surface area (Å²) in [5.74, 6) is 0.362. The third kappa shape index (κ3) is 5.10. The Labute approximate surface area is 192 Å². The van der Waals surface area contributed by atoms with Gasteiger partial charge in [-0.25, -0.2) is 8.78 Å². The fraction of sp³-hybridized carbons (Fsp3) is 0.308. The van der Waals surface area contributed by atoms with Crippen LogP contribution < -0.4 is 9.47 Å². The molecule has 4 rings (SSSR count). The summed E-state index contributed by atoms with van der Waals surface area (Å²) in [6, 6.07) is 16.4. The minimum atomic E-state index is -0.278. The lowest BCUT2D eigenvalue weighted by Gasteiger charge is -2.40. The van der Waals surface area contributed by atoms with Crippen molar-refractivity contribution in [3.63, 3.8) is 0 Å². The number of phenolic OH excluding ortho intramolecular Hbond substituents is 1.